The van der Waals surface area contributed by atoms with E-state index in [9.17, 15) is 4.39 Å². The Balaban J connectivity index is 0.00000106. The molecule has 0 radical (unpaired) electrons. The first-order valence-corrected chi connectivity index (χ1v) is 4.81. The van der Waals surface area contributed by atoms with Gasteiger partial charge >= 0.3 is 0 Å². The number of methoxy groups -OCH3 is 1. The number of aromatic nitrogens is 1. The van der Waals surface area contributed by atoms with Crippen LogP contribution in [-0.4, -0.2) is 18.8 Å². The molecule has 0 spiro atoms. The van der Waals surface area contributed by atoms with Crippen molar-refractivity contribution in [1.82, 2.24) is 4.98 Å². The number of ether oxygens (including phenoxy) is 1. The summed E-state index contributed by atoms with van der Waals surface area (Å²) in [6, 6.07) is 1.24. The van der Waals surface area contributed by atoms with Crippen molar-refractivity contribution in [3.05, 3.63) is 30.9 Å². The Kier molecular flexibility index (Phi) is 6.51. The van der Waals surface area contributed by atoms with Gasteiger partial charge in [0.2, 0.25) is 5.88 Å². The van der Waals surface area contributed by atoms with Crippen molar-refractivity contribution in [1.29, 1.82) is 0 Å². The Hall–Kier alpha value is -1.91. The zero-order valence-electron chi connectivity index (χ0n) is 9.77. The van der Waals surface area contributed by atoms with Crippen LogP contribution in [0.15, 0.2) is 30.1 Å². The lowest BCUT2D eigenvalue weighted by atomic mass is 10.4. The molecule has 88 valence electrons. The van der Waals surface area contributed by atoms with Gasteiger partial charge in [0.1, 0.15) is 0 Å². The van der Waals surface area contributed by atoms with E-state index >= 15 is 0 Å². The van der Waals surface area contributed by atoms with E-state index in [1.54, 1.807) is 0 Å². The molecule has 1 heterocycles. The van der Waals surface area contributed by atoms with Gasteiger partial charge in [0.25, 0.3) is 0 Å². The maximum absolute atomic E-state index is 13.2. The van der Waals surface area contributed by atoms with Gasteiger partial charge in [0, 0.05) is 19.0 Å². The van der Waals surface area contributed by atoms with E-state index in [0.717, 1.165) is 0 Å². The monoisotopic (exact) mass is 225 g/mol. The molecule has 5 heteroatoms. The van der Waals surface area contributed by atoms with Gasteiger partial charge < -0.3 is 4.74 Å². The molecule has 1 rings (SSSR count). The van der Waals surface area contributed by atoms with Crippen LogP contribution >= 0.6 is 0 Å². The van der Waals surface area contributed by atoms with Gasteiger partial charge in [-0.1, -0.05) is 20.4 Å². The van der Waals surface area contributed by atoms with Crippen LogP contribution in [0.5, 0.6) is 5.88 Å². The van der Waals surface area contributed by atoms with Crippen LogP contribution in [0.4, 0.5) is 10.1 Å². The number of hydrogen-bond acceptors (Lipinski definition) is 4. The van der Waals surface area contributed by atoms with Gasteiger partial charge in [-0.2, -0.15) is 5.10 Å². The molecule has 0 saturated heterocycles. The van der Waals surface area contributed by atoms with E-state index in [-0.39, 0.29) is 5.88 Å². The van der Waals surface area contributed by atoms with Crippen molar-refractivity contribution in [3.63, 3.8) is 0 Å². The lowest BCUT2D eigenvalue weighted by Gasteiger charge is -2.12. The number of hydrazone groups is 1. The van der Waals surface area contributed by atoms with Crippen LogP contribution in [0.1, 0.15) is 13.8 Å². The highest BCUT2D eigenvalue weighted by atomic mass is 19.1. The Labute approximate surface area is 95.1 Å². The zero-order valence-corrected chi connectivity index (χ0v) is 9.77. The van der Waals surface area contributed by atoms with Crippen LogP contribution < -0.4 is 9.75 Å². The Morgan fingerprint density at radius 2 is 2.19 bits per heavy atom. The first-order valence-electron chi connectivity index (χ1n) is 4.81. The Bertz CT molecular complexity index is 347. The average molecular weight is 225 g/mol. The third kappa shape index (κ3) is 3.34. The van der Waals surface area contributed by atoms with Crippen LogP contribution in [0.3, 0.4) is 0 Å². The highest BCUT2D eigenvalue weighted by Crippen LogP contribution is 2.20. The molecule has 0 saturated carbocycles. The fraction of sp³-hybridized carbons (Fsp3) is 0.273. The SMILES string of the molecule is C=CN(N=C)c1cnc(OC)c(F)c1.CC. The molecule has 0 aliphatic carbocycles. The topological polar surface area (TPSA) is 37.7 Å². The molecule has 0 N–H and O–H groups in total. The predicted molar refractivity (Wildman–Crippen MR) is 64.3 cm³/mol. The van der Waals surface area contributed by atoms with E-state index in [4.69, 9.17) is 0 Å². The van der Waals surface area contributed by atoms with Gasteiger partial charge in [-0.3, -0.25) is 0 Å². The first kappa shape index (κ1) is 14.1. The predicted octanol–water partition coefficient (Wildman–Crippen LogP) is 2.82. The van der Waals surface area contributed by atoms with E-state index < -0.39 is 5.82 Å². The van der Waals surface area contributed by atoms with Gasteiger partial charge in [-0.05, 0) is 0 Å². The fourth-order valence-corrected chi connectivity index (χ4v) is 0.936. The maximum atomic E-state index is 13.2. The number of pyridine rings is 1. The quantitative estimate of drug-likeness (QED) is 0.584. The summed E-state index contributed by atoms with van der Waals surface area (Å²) in [6.07, 6.45) is 2.81. The minimum absolute atomic E-state index is 0.0539. The third-order valence-corrected chi connectivity index (χ3v) is 1.58. The molecule has 0 bridgehead atoms. The molecular formula is C11H16FN3O. The summed E-state index contributed by atoms with van der Waals surface area (Å²) < 4.78 is 17.8. The standard InChI is InChI=1S/C9H10FN3O.C2H6/c1-4-13(11-2)7-5-8(10)9(14-3)12-6-7;1-2/h4-6H,1-2H2,3H3;1-2H3. The summed E-state index contributed by atoms with van der Waals surface area (Å²) in [4.78, 5) is 3.74. The van der Waals surface area contributed by atoms with E-state index in [1.165, 1.54) is 30.6 Å². The lowest BCUT2D eigenvalue weighted by Crippen LogP contribution is -2.06. The molecule has 0 unspecified atom stereocenters. The largest absolute Gasteiger partial charge is 0.479 e. The first-order chi connectivity index (χ1) is 7.72. The summed E-state index contributed by atoms with van der Waals surface area (Å²) in [7, 11) is 1.35. The minimum Gasteiger partial charge on any atom is -0.479 e. The zero-order chi connectivity index (χ0) is 12.6. The second-order valence-electron chi connectivity index (χ2n) is 2.35. The van der Waals surface area contributed by atoms with Crippen molar-refractivity contribution in [2.45, 2.75) is 13.8 Å². The molecular weight excluding hydrogens is 209 g/mol. The number of hydrogen-bond donors (Lipinski definition) is 0. The molecule has 0 aliphatic heterocycles. The van der Waals surface area contributed by atoms with Crippen LogP contribution in [0, 0.1) is 5.82 Å². The summed E-state index contributed by atoms with van der Waals surface area (Å²) in [5.74, 6) is -0.609. The van der Waals surface area contributed by atoms with E-state index in [2.05, 4.69) is 28.1 Å². The van der Waals surface area contributed by atoms with Crippen molar-refractivity contribution >= 4 is 12.4 Å². The van der Waals surface area contributed by atoms with Gasteiger partial charge in [0.15, 0.2) is 5.82 Å². The summed E-state index contributed by atoms with van der Waals surface area (Å²) in [5, 5.41) is 4.89. The maximum Gasteiger partial charge on any atom is 0.250 e. The molecule has 1 aromatic rings. The van der Waals surface area contributed by atoms with Crippen molar-refractivity contribution in [2.75, 3.05) is 12.1 Å². The fourth-order valence-electron chi connectivity index (χ4n) is 0.936. The Morgan fingerprint density at radius 1 is 1.56 bits per heavy atom. The molecule has 16 heavy (non-hydrogen) atoms. The molecule has 1 aromatic heterocycles. The Morgan fingerprint density at radius 3 is 2.56 bits per heavy atom. The van der Waals surface area contributed by atoms with Crippen LogP contribution in [-0.2, 0) is 0 Å². The van der Waals surface area contributed by atoms with Crippen molar-refractivity contribution in [2.24, 2.45) is 5.10 Å². The number of halogens is 1. The second-order valence-corrected chi connectivity index (χ2v) is 2.35. The van der Waals surface area contributed by atoms with Gasteiger partial charge in [0.05, 0.1) is 19.0 Å². The van der Waals surface area contributed by atoms with Gasteiger partial charge in [-0.25, -0.2) is 14.4 Å². The van der Waals surface area contributed by atoms with Crippen LogP contribution in [0.2, 0.25) is 0 Å². The molecule has 4 nitrogen and oxygen atoms in total. The van der Waals surface area contributed by atoms with Gasteiger partial charge in [-0.15, -0.1) is 0 Å². The smallest absolute Gasteiger partial charge is 0.250 e. The summed E-state index contributed by atoms with van der Waals surface area (Å²) in [5.41, 5.74) is 0.438. The van der Waals surface area contributed by atoms with Crippen molar-refractivity contribution in [3.8, 4) is 5.88 Å². The lowest BCUT2D eigenvalue weighted by molar-refractivity contribution is 0.369. The number of anilines is 1. The number of rotatable bonds is 4. The molecule has 0 atom stereocenters. The molecule has 0 fully saturated rings. The van der Waals surface area contributed by atoms with Crippen LogP contribution in [0.25, 0.3) is 0 Å². The van der Waals surface area contributed by atoms with Crippen molar-refractivity contribution < 1.29 is 9.13 Å². The normalized spacial score (nSPS) is 8.50. The summed E-state index contributed by atoms with van der Waals surface area (Å²) in [6.45, 7) is 10.8. The average Bonchev–Trinajstić information content (AvgIpc) is 2.33. The highest BCUT2D eigenvalue weighted by Gasteiger charge is 2.07. The van der Waals surface area contributed by atoms with E-state index in [0.29, 0.717) is 5.69 Å². The minimum atomic E-state index is -0.555. The third-order valence-electron chi connectivity index (χ3n) is 1.58. The molecule has 0 aromatic carbocycles. The molecule has 0 aliphatic rings. The van der Waals surface area contributed by atoms with E-state index in [1.807, 2.05) is 13.8 Å². The highest BCUT2D eigenvalue weighted by molar-refractivity contribution is 5.49. The summed E-state index contributed by atoms with van der Waals surface area (Å²) >= 11 is 0. The number of nitrogens with zero attached hydrogens (tertiary/aromatic N) is 3. The second kappa shape index (κ2) is 7.39. The molecule has 0 amide bonds.